The van der Waals surface area contributed by atoms with Crippen LogP contribution in [0.3, 0.4) is 0 Å². The predicted molar refractivity (Wildman–Crippen MR) is 109 cm³/mol. The van der Waals surface area contributed by atoms with Crippen LogP contribution in [0.15, 0.2) is 48.5 Å². The van der Waals surface area contributed by atoms with E-state index in [9.17, 15) is 9.59 Å². The molecule has 0 spiro atoms. The molecule has 0 heterocycles. The molecule has 0 saturated heterocycles. The maximum Gasteiger partial charge on any atom is 0.242 e. The van der Waals surface area contributed by atoms with Gasteiger partial charge < -0.3 is 10.2 Å². The normalized spacial score (nSPS) is 11.9. The molecule has 0 aliphatic heterocycles. The fourth-order valence-electron chi connectivity index (χ4n) is 2.95. The fourth-order valence-corrected chi connectivity index (χ4v) is 2.95. The van der Waals surface area contributed by atoms with Crippen molar-refractivity contribution in [2.75, 3.05) is 0 Å². The Balaban J connectivity index is 2.24. The van der Waals surface area contributed by atoms with Gasteiger partial charge in [-0.2, -0.15) is 0 Å². The van der Waals surface area contributed by atoms with E-state index in [1.54, 1.807) is 11.8 Å². The Hall–Kier alpha value is -2.62. The zero-order valence-corrected chi connectivity index (χ0v) is 17.0. The van der Waals surface area contributed by atoms with Gasteiger partial charge in [-0.3, -0.25) is 9.59 Å². The average Bonchev–Trinajstić information content (AvgIpc) is 2.62. The summed E-state index contributed by atoms with van der Waals surface area (Å²) >= 11 is 0. The maximum absolute atomic E-state index is 13.1. The van der Waals surface area contributed by atoms with Crippen molar-refractivity contribution in [1.29, 1.82) is 0 Å². The van der Waals surface area contributed by atoms with Gasteiger partial charge in [0.05, 0.1) is 6.42 Å². The summed E-state index contributed by atoms with van der Waals surface area (Å²) in [6, 6.07) is 15.4. The van der Waals surface area contributed by atoms with E-state index in [1.165, 1.54) is 5.56 Å². The molecule has 1 atom stereocenters. The molecule has 2 rings (SSSR count). The number of nitrogens with one attached hydrogen (secondary N) is 1. The van der Waals surface area contributed by atoms with Crippen molar-refractivity contribution in [3.8, 4) is 0 Å². The van der Waals surface area contributed by atoms with E-state index in [1.807, 2.05) is 76.2 Å². The summed E-state index contributed by atoms with van der Waals surface area (Å²) in [6.45, 7) is 10.1. The summed E-state index contributed by atoms with van der Waals surface area (Å²) in [5, 5.41) is 2.92. The first-order valence-electron chi connectivity index (χ1n) is 9.48. The molecule has 0 aliphatic rings. The molecule has 0 bridgehead atoms. The van der Waals surface area contributed by atoms with Gasteiger partial charge in [0.15, 0.2) is 0 Å². The second-order valence-electron chi connectivity index (χ2n) is 7.45. The number of benzene rings is 2. The monoisotopic (exact) mass is 366 g/mol. The molecule has 0 fully saturated rings. The zero-order valence-electron chi connectivity index (χ0n) is 17.0. The first-order chi connectivity index (χ1) is 12.8. The van der Waals surface area contributed by atoms with Gasteiger partial charge in [0.1, 0.15) is 6.04 Å². The van der Waals surface area contributed by atoms with Crippen LogP contribution < -0.4 is 5.32 Å². The number of carbonyl (C=O) groups is 2. The largest absolute Gasteiger partial charge is 0.352 e. The molecule has 4 nitrogen and oxygen atoms in total. The Kier molecular flexibility index (Phi) is 7.17. The quantitative estimate of drug-likeness (QED) is 0.810. The number of nitrogens with zero attached hydrogens (tertiary/aromatic N) is 1. The number of amides is 2. The summed E-state index contributed by atoms with van der Waals surface area (Å²) in [5.74, 6) is -0.175. The van der Waals surface area contributed by atoms with E-state index < -0.39 is 6.04 Å². The lowest BCUT2D eigenvalue weighted by Gasteiger charge is -2.29. The Morgan fingerprint density at radius 1 is 0.963 bits per heavy atom. The molecule has 144 valence electrons. The standard InChI is InChI=1S/C23H30N2O2/c1-16(2)24-23(27)19(5)25(15-20-12-10-17(3)11-13-20)22(26)14-21-9-7-6-8-18(21)4/h6-13,16,19H,14-15H2,1-5H3,(H,24,27). The van der Waals surface area contributed by atoms with Crippen LogP contribution in [0, 0.1) is 13.8 Å². The molecule has 27 heavy (non-hydrogen) atoms. The third-order valence-electron chi connectivity index (χ3n) is 4.67. The van der Waals surface area contributed by atoms with Crippen molar-refractivity contribution in [2.24, 2.45) is 0 Å². The van der Waals surface area contributed by atoms with Gasteiger partial charge in [-0.1, -0.05) is 54.1 Å². The highest BCUT2D eigenvalue weighted by atomic mass is 16.2. The summed E-state index contributed by atoms with van der Waals surface area (Å²) in [5.41, 5.74) is 4.26. The zero-order chi connectivity index (χ0) is 20.0. The van der Waals surface area contributed by atoms with Gasteiger partial charge in [0, 0.05) is 12.6 Å². The summed E-state index contributed by atoms with van der Waals surface area (Å²) in [6.07, 6.45) is 0.290. The van der Waals surface area contributed by atoms with Crippen LogP contribution in [0.25, 0.3) is 0 Å². The Morgan fingerprint density at radius 3 is 2.19 bits per heavy atom. The molecule has 0 saturated carbocycles. The Bertz CT molecular complexity index is 781. The minimum absolute atomic E-state index is 0.0349. The van der Waals surface area contributed by atoms with Crippen molar-refractivity contribution < 1.29 is 9.59 Å². The lowest BCUT2D eigenvalue weighted by atomic mass is 10.0. The highest BCUT2D eigenvalue weighted by Gasteiger charge is 2.26. The van der Waals surface area contributed by atoms with Crippen molar-refractivity contribution >= 4 is 11.8 Å². The van der Waals surface area contributed by atoms with Crippen LogP contribution in [-0.4, -0.2) is 28.8 Å². The summed E-state index contributed by atoms with van der Waals surface area (Å²) in [4.78, 5) is 27.3. The molecule has 1 unspecified atom stereocenters. The molecule has 2 amide bonds. The second kappa shape index (κ2) is 9.36. The van der Waals surface area contributed by atoms with E-state index in [-0.39, 0.29) is 24.3 Å². The molecule has 4 heteroatoms. The highest BCUT2D eigenvalue weighted by molar-refractivity contribution is 5.88. The Labute approximate surface area is 162 Å². The molecule has 0 aliphatic carbocycles. The average molecular weight is 367 g/mol. The van der Waals surface area contributed by atoms with Crippen molar-refractivity contribution in [2.45, 2.75) is 59.7 Å². The van der Waals surface area contributed by atoms with Crippen molar-refractivity contribution in [3.63, 3.8) is 0 Å². The van der Waals surface area contributed by atoms with E-state index in [4.69, 9.17) is 0 Å². The molecule has 2 aromatic carbocycles. The fraction of sp³-hybridized carbons (Fsp3) is 0.391. The molecular weight excluding hydrogens is 336 g/mol. The first kappa shape index (κ1) is 20.7. The minimum Gasteiger partial charge on any atom is -0.352 e. The molecular formula is C23H30N2O2. The van der Waals surface area contributed by atoms with E-state index in [2.05, 4.69) is 5.32 Å². The molecule has 2 aromatic rings. The van der Waals surface area contributed by atoms with Gasteiger partial charge in [0.2, 0.25) is 11.8 Å². The van der Waals surface area contributed by atoms with E-state index in [0.717, 1.165) is 16.7 Å². The topological polar surface area (TPSA) is 49.4 Å². The van der Waals surface area contributed by atoms with Crippen LogP contribution >= 0.6 is 0 Å². The number of hydrogen-bond donors (Lipinski definition) is 1. The van der Waals surface area contributed by atoms with Crippen LogP contribution in [-0.2, 0) is 22.6 Å². The Morgan fingerprint density at radius 2 is 1.59 bits per heavy atom. The van der Waals surface area contributed by atoms with Crippen LogP contribution in [0.2, 0.25) is 0 Å². The third kappa shape index (κ3) is 5.95. The van der Waals surface area contributed by atoms with Gasteiger partial charge in [-0.25, -0.2) is 0 Å². The first-order valence-corrected chi connectivity index (χ1v) is 9.48. The van der Waals surface area contributed by atoms with Crippen LogP contribution in [0.1, 0.15) is 43.0 Å². The lowest BCUT2D eigenvalue weighted by molar-refractivity contribution is -0.140. The maximum atomic E-state index is 13.1. The van der Waals surface area contributed by atoms with E-state index >= 15 is 0 Å². The highest BCUT2D eigenvalue weighted by Crippen LogP contribution is 2.15. The minimum atomic E-state index is -0.537. The van der Waals surface area contributed by atoms with Gasteiger partial charge in [-0.05, 0) is 51.3 Å². The number of carbonyl (C=O) groups excluding carboxylic acids is 2. The molecule has 1 N–H and O–H groups in total. The number of hydrogen-bond acceptors (Lipinski definition) is 2. The molecule has 0 radical (unpaired) electrons. The van der Waals surface area contributed by atoms with Gasteiger partial charge in [0.25, 0.3) is 0 Å². The van der Waals surface area contributed by atoms with Crippen molar-refractivity contribution in [1.82, 2.24) is 10.2 Å². The number of rotatable bonds is 7. The van der Waals surface area contributed by atoms with E-state index in [0.29, 0.717) is 6.54 Å². The molecule has 0 aromatic heterocycles. The number of aryl methyl sites for hydroxylation is 2. The third-order valence-corrected chi connectivity index (χ3v) is 4.67. The predicted octanol–water partition coefficient (Wildman–Crippen LogP) is 3.79. The van der Waals surface area contributed by atoms with Crippen molar-refractivity contribution in [3.05, 3.63) is 70.8 Å². The SMILES string of the molecule is Cc1ccc(CN(C(=O)Cc2ccccc2C)C(C)C(=O)NC(C)C)cc1. The van der Waals surface area contributed by atoms with Gasteiger partial charge in [-0.15, -0.1) is 0 Å². The van der Waals surface area contributed by atoms with Crippen LogP contribution in [0.5, 0.6) is 0 Å². The summed E-state index contributed by atoms with van der Waals surface area (Å²) in [7, 11) is 0. The lowest BCUT2D eigenvalue weighted by Crippen LogP contribution is -2.49. The van der Waals surface area contributed by atoms with Gasteiger partial charge >= 0.3 is 0 Å². The van der Waals surface area contributed by atoms with Crippen LogP contribution in [0.4, 0.5) is 0 Å². The smallest absolute Gasteiger partial charge is 0.242 e. The second-order valence-corrected chi connectivity index (χ2v) is 7.45. The summed E-state index contributed by atoms with van der Waals surface area (Å²) < 4.78 is 0.